The third-order valence-electron chi connectivity index (χ3n) is 5.37. The minimum Gasteiger partial charge on any atom is -0.308 e. The molecule has 1 aliphatic heterocycles. The van der Waals surface area contributed by atoms with Crippen LogP contribution >= 0.6 is 34.9 Å². The molecule has 1 amide bonds. The largest absolute Gasteiger partial charge is 0.308 e. The standard InChI is InChI=1S/C24H22N4OS3/c29-23(16-32-24-26-25-17-27(24)13-12-19-9-6-14-30-19)28-20-10-4-5-11-22(20)31-15-21(28)18-7-2-1-3-8-18/h1-11,14,17,21H,12-13,15-16H2. The normalized spacial score (nSPS) is 15.5. The molecule has 2 aromatic heterocycles. The molecule has 0 saturated heterocycles. The van der Waals surface area contributed by atoms with Crippen LogP contribution in [0.4, 0.5) is 5.69 Å². The van der Waals surface area contributed by atoms with Crippen LogP contribution in [0.2, 0.25) is 0 Å². The topological polar surface area (TPSA) is 51.0 Å². The Balaban J connectivity index is 1.33. The van der Waals surface area contributed by atoms with E-state index in [2.05, 4.69) is 45.9 Å². The fraction of sp³-hybridized carbons (Fsp3) is 0.208. The monoisotopic (exact) mass is 478 g/mol. The van der Waals surface area contributed by atoms with E-state index >= 15 is 0 Å². The Morgan fingerprint density at radius 2 is 1.91 bits per heavy atom. The van der Waals surface area contributed by atoms with E-state index in [0.717, 1.165) is 40.0 Å². The summed E-state index contributed by atoms with van der Waals surface area (Å²) < 4.78 is 2.03. The summed E-state index contributed by atoms with van der Waals surface area (Å²) in [6.07, 6.45) is 2.68. The van der Waals surface area contributed by atoms with E-state index in [4.69, 9.17) is 0 Å². The van der Waals surface area contributed by atoms with Gasteiger partial charge in [-0.1, -0.05) is 60.3 Å². The van der Waals surface area contributed by atoms with E-state index < -0.39 is 0 Å². The first-order chi connectivity index (χ1) is 15.8. The Hall–Kier alpha value is -2.55. The molecule has 3 heterocycles. The van der Waals surface area contributed by atoms with Gasteiger partial charge in [-0.2, -0.15) is 0 Å². The fourth-order valence-corrected chi connectivity index (χ4v) is 6.48. The van der Waals surface area contributed by atoms with Crippen LogP contribution in [0.3, 0.4) is 0 Å². The summed E-state index contributed by atoms with van der Waals surface area (Å²) in [6.45, 7) is 0.805. The quantitative estimate of drug-likeness (QED) is 0.326. The first kappa shape index (κ1) is 21.3. The Kier molecular flexibility index (Phi) is 6.61. The second-order valence-electron chi connectivity index (χ2n) is 7.39. The number of aromatic nitrogens is 3. The van der Waals surface area contributed by atoms with Crippen molar-refractivity contribution in [2.45, 2.75) is 29.1 Å². The van der Waals surface area contributed by atoms with Crippen LogP contribution < -0.4 is 4.90 Å². The number of hydrogen-bond acceptors (Lipinski definition) is 6. The lowest BCUT2D eigenvalue weighted by molar-refractivity contribution is -0.116. The Labute approximate surface area is 199 Å². The maximum Gasteiger partial charge on any atom is 0.238 e. The van der Waals surface area contributed by atoms with E-state index in [0.29, 0.717) is 5.75 Å². The van der Waals surface area contributed by atoms with Crippen molar-refractivity contribution in [2.24, 2.45) is 0 Å². The molecule has 2 aromatic carbocycles. The number of amides is 1. The third-order valence-corrected chi connectivity index (χ3v) is 8.41. The summed E-state index contributed by atoms with van der Waals surface area (Å²) in [6, 6.07) is 22.7. The predicted octanol–water partition coefficient (Wildman–Crippen LogP) is 5.55. The van der Waals surface area contributed by atoms with Crippen molar-refractivity contribution < 1.29 is 4.79 Å². The average molecular weight is 479 g/mol. The summed E-state index contributed by atoms with van der Waals surface area (Å²) in [5, 5.41) is 11.2. The van der Waals surface area contributed by atoms with Gasteiger partial charge in [0.25, 0.3) is 0 Å². The van der Waals surface area contributed by atoms with E-state index in [1.54, 1.807) is 17.7 Å². The van der Waals surface area contributed by atoms with Gasteiger partial charge in [-0.25, -0.2) is 0 Å². The van der Waals surface area contributed by atoms with Crippen molar-refractivity contribution in [3.05, 3.63) is 88.9 Å². The van der Waals surface area contributed by atoms with Crippen LogP contribution in [0.15, 0.2) is 88.5 Å². The number of anilines is 1. The molecule has 0 fully saturated rings. The summed E-state index contributed by atoms with van der Waals surface area (Å²) in [5.74, 6) is 1.25. The molecule has 4 aromatic rings. The molecule has 0 radical (unpaired) electrons. The summed E-state index contributed by atoms with van der Waals surface area (Å²) in [5.41, 5.74) is 2.15. The summed E-state index contributed by atoms with van der Waals surface area (Å²) in [7, 11) is 0. The number of aryl methyl sites for hydroxylation is 2. The molecule has 0 spiro atoms. The maximum atomic E-state index is 13.5. The van der Waals surface area contributed by atoms with Crippen molar-refractivity contribution in [3.63, 3.8) is 0 Å². The molecule has 8 heteroatoms. The number of thiophene rings is 1. The van der Waals surface area contributed by atoms with Gasteiger partial charge in [-0.15, -0.1) is 33.3 Å². The molecule has 5 nitrogen and oxygen atoms in total. The highest BCUT2D eigenvalue weighted by molar-refractivity contribution is 8.00. The SMILES string of the molecule is O=C(CSc1nncn1CCc1cccs1)N1c2ccccc2SCC1c1ccccc1. The minimum atomic E-state index is 0.0147. The zero-order valence-electron chi connectivity index (χ0n) is 17.3. The van der Waals surface area contributed by atoms with Crippen molar-refractivity contribution in [1.29, 1.82) is 0 Å². The highest BCUT2D eigenvalue weighted by atomic mass is 32.2. The van der Waals surface area contributed by atoms with Gasteiger partial charge < -0.3 is 9.47 Å². The van der Waals surface area contributed by atoms with Gasteiger partial charge in [0.2, 0.25) is 5.91 Å². The lowest BCUT2D eigenvalue weighted by Gasteiger charge is -2.37. The second kappa shape index (κ2) is 9.94. The number of carbonyl (C=O) groups excluding carboxylic acids is 1. The number of fused-ring (bicyclic) bond motifs is 1. The highest BCUT2D eigenvalue weighted by Gasteiger charge is 2.32. The van der Waals surface area contributed by atoms with E-state index in [1.165, 1.54) is 16.6 Å². The number of thioether (sulfide) groups is 2. The minimum absolute atomic E-state index is 0.0147. The molecular formula is C24H22N4OS3. The second-order valence-corrected chi connectivity index (χ2v) is 10.4. The molecular weight excluding hydrogens is 456 g/mol. The smallest absolute Gasteiger partial charge is 0.238 e. The van der Waals surface area contributed by atoms with E-state index in [-0.39, 0.29) is 11.9 Å². The van der Waals surface area contributed by atoms with Crippen LogP contribution in [0.5, 0.6) is 0 Å². The van der Waals surface area contributed by atoms with Crippen molar-refractivity contribution in [2.75, 3.05) is 16.4 Å². The zero-order valence-corrected chi connectivity index (χ0v) is 19.8. The highest BCUT2D eigenvalue weighted by Crippen LogP contribution is 2.43. The first-order valence-electron chi connectivity index (χ1n) is 10.4. The van der Waals surface area contributed by atoms with Crippen molar-refractivity contribution in [1.82, 2.24) is 14.8 Å². The lowest BCUT2D eigenvalue weighted by Crippen LogP contribution is -2.39. The Morgan fingerprint density at radius 3 is 2.75 bits per heavy atom. The molecule has 1 unspecified atom stereocenters. The van der Waals surface area contributed by atoms with E-state index in [1.807, 2.05) is 57.6 Å². The van der Waals surface area contributed by atoms with Crippen LogP contribution in [0.25, 0.3) is 0 Å². The Bertz CT molecular complexity index is 1180. The van der Waals surface area contributed by atoms with Gasteiger partial charge in [0.1, 0.15) is 6.33 Å². The fourth-order valence-electron chi connectivity index (χ4n) is 3.81. The molecule has 1 atom stereocenters. The van der Waals surface area contributed by atoms with Crippen LogP contribution in [-0.4, -0.2) is 32.2 Å². The number of para-hydroxylation sites is 1. The number of carbonyl (C=O) groups is 1. The number of benzene rings is 2. The number of nitrogens with zero attached hydrogens (tertiary/aromatic N) is 4. The summed E-state index contributed by atoms with van der Waals surface area (Å²) in [4.78, 5) is 18.0. The molecule has 162 valence electrons. The van der Waals surface area contributed by atoms with Gasteiger partial charge in [-0.05, 0) is 35.6 Å². The van der Waals surface area contributed by atoms with Gasteiger partial charge in [0, 0.05) is 22.1 Å². The Morgan fingerprint density at radius 1 is 1.06 bits per heavy atom. The van der Waals surface area contributed by atoms with Crippen molar-refractivity contribution >= 4 is 46.5 Å². The molecule has 1 aliphatic rings. The van der Waals surface area contributed by atoms with Gasteiger partial charge in [0.15, 0.2) is 5.16 Å². The van der Waals surface area contributed by atoms with Crippen LogP contribution in [0, 0.1) is 0 Å². The molecule has 32 heavy (non-hydrogen) atoms. The lowest BCUT2D eigenvalue weighted by atomic mass is 10.1. The van der Waals surface area contributed by atoms with Gasteiger partial charge in [0.05, 0.1) is 17.5 Å². The van der Waals surface area contributed by atoms with Crippen molar-refractivity contribution in [3.8, 4) is 0 Å². The van der Waals surface area contributed by atoms with Gasteiger partial charge >= 0.3 is 0 Å². The number of hydrogen-bond donors (Lipinski definition) is 0. The third kappa shape index (κ3) is 4.62. The number of rotatable bonds is 7. The molecule has 0 bridgehead atoms. The summed E-state index contributed by atoms with van der Waals surface area (Å²) >= 11 is 5.03. The van der Waals surface area contributed by atoms with E-state index in [9.17, 15) is 4.79 Å². The average Bonchev–Trinajstić information content (AvgIpc) is 3.53. The molecule has 0 saturated carbocycles. The maximum absolute atomic E-state index is 13.5. The van der Waals surface area contributed by atoms with Gasteiger partial charge in [-0.3, -0.25) is 4.79 Å². The predicted molar refractivity (Wildman–Crippen MR) is 133 cm³/mol. The molecule has 5 rings (SSSR count). The molecule has 0 N–H and O–H groups in total. The molecule has 0 aliphatic carbocycles. The zero-order chi connectivity index (χ0) is 21.8. The van der Waals surface area contributed by atoms with Crippen LogP contribution in [0.1, 0.15) is 16.5 Å². The van der Waals surface area contributed by atoms with Crippen LogP contribution in [-0.2, 0) is 17.8 Å². The first-order valence-corrected chi connectivity index (χ1v) is 13.3.